The lowest BCUT2D eigenvalue weighted by Gasteiger charge is -2.12. The van der Waals surface area contributed by atoms with Crippen LogP contribution in [0.25, 0.3) is 16.7 Å². The molecule has 6 heteroatoms. The minimum Gasteiger partial charge on any atom is -0.489 e. The molecule has 0 aliphatic heterocycles. The van der Waals surface area contributed by atoms with E-state index < -0.39 is 0 Å². The van der Waals surface area contributed by atoms with Crippen LogP contribution in [0.3, 0.4) is 0 Å². The summed E-state index contributed by atoms with van der Waals surface area (Å²) in [4.78, 5) is 15.2. The van der Waals surface area contributed by atoms with Gasteiger partial charge in [-0.1, -0.05) is 28.1 Å². The molecule has 3 aromatic rings. The van der Waals surface area contributed by atoms with Gasteiger partial charge in [-0.25, -0.2) is 4.79 Å². The molecule has 0 atom stereocenters. The number of ether oxygens (including phenoxy) is 2. The van der Waals surface area contributed by atoms with Crippen LogP contribution in [0.2, 0.25) is 0 Å². The molecule has 0 bridgehead atoms. The maximum atomic E-state index is 12.3. The third-order valence-electron chi connectivity index (χ3n) is 3.30. The fraction of sp³-hybridized carbons (Fsp3) is 0.188. The Morgan fingerprint density at radius 1 is 1.18 bits per heavy atom. The highest BCUT2D eigenvalue weighted by Gasteiger charge is 2.13. The fourth-order valence-corrected chi connectivity index (χ4v) is 2.66. The molecule has 22 heavy (non-hydrogen) atoms. The van der Waals surface area contributed by atoms with E-state index in [4.69, 9.17) is 9.47 Å². The second-order valence-electron chi connectivity index (χ2n) is 4.74. The van der Waals surface area contributed by atoms with Gasteiger partial charge in [0.2, 0.25) is 0 Å². The van der Waals surface area contributed by atoms with Gasteiger partial charge in [0.25, 0.3) is 0 Å². The Balaban J connectivity index is 2.13. The Morgan fingerprint density at radius 3 is 2.82 bits per heavy atom. The standard InChI is InChI=1S/C16H15BrN2O3/c1-21-8-9-22-15-5-3-2-4-13(15)19-14-10-11(17)6-7-12(14)18-16(19)20/h2-7,10H,8-9H2,1H3,(H,18,20). The van der Waals surface area contributed by atoms with Gasteiger partial charge in [0.15, 0.2) is 0 Å². The number of nitrogens with one attached hydrogen (secondary N) is 1. The summed E-state index contributed by atoms with van der Waals surface area (Å²) in [7, 11) is 1.62. The number of rotatable bonds is 5. The summed E-state index contributed by atoms with van der Waals surface area (Å²) < 4.78 is 13.2. The maximum absolute atomic E-state index is 12.3. The predicted molar refractivity (Wildman–Crippen MR) is 89.0 cm³/mol. The van der Waals surface area contributed by atoms with E-state index in [1.807, 2.05) is 42.5 Å². The molecule has 0 fully saturated rings. The second-order valence-corrected chi connectivity index (χ2v) is 5.65. The average Bonchev–Trinajstić information content (AvgIpc) is 2.83. The first kappa shape index (κ1) is 14.9. The number of para-hydroxylation sites is 2. The van der Waals surface area contributed by atoms with Crippen LogP contribution >= 0.6 is 15.9 Å². The van der Waals surface area contributed by atoms with Gasteiger partial charge in [-0.3, -0.25) is 4.57 Å². The van der Waals surface area contributed by atoms with Crippen molar-refractivity contribution in [3.8, 4) is 11.4 Å². The summed E-state index contributed by atoms with van der Waals surface area (Å²) in [5, 5.41) is 0. The van der Waals surface area contributed by atoms with Crippen molar-refractivity contribution in [1.29, 1.82) is 0 Å². The Bertz CT molecular complexity index is 854. The summed E-state index contributed by atoms with van der Waals surface area (Å²) in [6, 6.07) is 13.1. The molecular weight excluding hydrogens is 348 g/mol. The molecule has 1 N–H and O–H groups in total. The number of H-pyrrole nitrogens is 1. The van der Waals surface area contributed by atoms with Crippen LogP contribution in [-0.2, 0) is 4.74 Å². The summed E-state index contributed by atoms with van der Waals surface area (Å²) in [6.45, 7) is 0.914. The molecule has 5 nitrogen and oxygen atoms in total. The van der Waals surface area contributed by atoms with Crippen molar-refractivity contribution >= 4 is 27.0 Å². The molecule has 0 unspecified atom stereocenters. The third-order valence-corrected chi connectivity index (χ3v) is 3.79. The fourth-order valence-electron chi connectivity index (χ4n) is 2.31. The van der Waals surface area contributed by atoms with Crippen LogP contribution < -0.4 is 10.4 Å². The summed E-state index contributed by atoms with van der Waals surface area (Å²) in [5.41, 5.74) is 2.07. The number of fused-ring (bicyclic) bond motifs is 1. The van der Waals surface area contributed by atoms with Crippen LogP contribution in [0.1, 0.15) is 0 Å². The first-order valence-corrected chi connectivity index (χ1v) is 7.61. The quantitative estimate of drug-likeness (QED) is 0.709. The maximum Gasteiger partial charge on any atom is 0.331 e. The lowest BCUT2D eigenvalue weighted by Crippen LogP contribution is -2.16. The molecule has 0 amide bonds. The van der Waals surface area contributed by atoms with Crippen molar-refractivity contribution in [3.05, 3.63) is 57.4 Å². The zero-order valence-corrected chi connectivity index (χ0v) is 13.6. The Hall–Kier alpha value is -2.05. The molecule has 1 aromatic heterocycles. The van der Waals surface area contributed by atoms with Crippen LogP contribution in [0.4, 0.5) is 0 Å². The Kier molecular flexibility index (Phi) is 4.31. The normalized spacial score (nSPS) is 11.0. The number of nitrogens with zero attached hydrogens (tertiary/aromatic N) is 1. The average molecular weight is 363 g/mol. The van der Waals surface area contributed by atoms with Gasteiger partial charge in [0.05, 0.1) is 23.3 Å². The topological polar surface area (TPSA) is 56.2 Å². The minimum atomic E-state index is -0.198. The first-order chi connectivity index (χ1) is 10.7. The number of hydrogen-bond acceptors (Lipinski definition) is 3. The number of aromatic nitrogens is 2. The van der Waals surface area contributed by atoms with Crippen LogP contribution in [0, 0.1) is 0 Å². The molecule has 0 spiro atoms. The highest BCUT2D eigenvalue weighted by molar-refractivity contribution is 9.10. The minimum absolute atomic E-state index is 0.198. The Labute approximate surface area is 135 Å². The zero-order chi connectivity index (χ0) is 15.5. The zero-order valence-electron chi connectivity index (χ0n) is 12.0. The summed E-state index contributed by atoms with van der Waals surface area (Å²) in [6.07, 6.45) is 0. The summed E-state index contributed by atoms with van der Waals surface area (Å²) in [5.74, 6) is 0.641. The van der Waals surface area contributed by atoms with Crippen molar-refractivity contribution in [1.82, 2.24) is 9.55 Å². The Morgan fingerprint density at radius 2 is 2.00 bits per heavy atom. The number of hydrogen-bond donors (Lipinski definition) is 1. The molecule has 114 valence electrons. The molecule has 0 radical (unpaired) electrons. The number of halogens is 1. The SMILES string of the molecule is COCCOc1ccccc1-n1c(=O)[nH]c2ccc(Br)cc21. The van der Waals surface area contributed by atoms with E-state index in [0.29, 0.717) is 24.7 Å². The monoisotopic (exact) mass is 362 g/mol. The molecule has 1 heterocycles. The lowest BCUT2D eigenvalue weighted by atomic mass is 10.2. The largest absolute Gasteiger partial charge is 0.489 e. The number of aromatic amines is 1. The summed E-state index contributed by atoms with van der Waals surface area (Å²) >= 11 is 3.44. The van der Waals surface area contributed by atoms with E-state index in [1.165, 1.54) is 0 Å². The van der Waals surface area contributed by atoms with Crippen molar-refractivity contribution in [2.75, 3.05) is 20.3 Å². The lowest BCUT2D eigenvalue weighted by molar-refractivity contribution is 0.146. The van der Waals surface area contributed by atoms with Crippen LogP contribution in [-0.4, -0.2) is 29.9 Å². The number of benzene rings is 2. The highest BCUT2D eigenvalue weighted by Crippen LogP contribution is 2.26. The highest BCUT2D eigenvalue weighted by atomic mass is 79.9. The van der Waals surface area contributed by atoms with Gasteiger partial charge in [-0.05, 0) is 30.3 Å². The molecule has 0 saturated carbocycles. The van der Waals surface area contributed by atoms with Crippen molar-refractivity contribution in [2.45, 2.75) is 0 Å². The molecule has 3 rings (SSSR count). The predicted octanol–water partition coefficient (Wildman–Crippen LogP) is 3.11. The van der Waals surface area contributed by atoms with Gasteiger partial charge in [0.1, 0.15) is 12.4 Å². The molecular formula is C16H15BrN2O3. The smallest absolute Gasteiger partial charge is 0.331 e. The van der Waals surface area contributed by atoms with E-state index in [9.17, 15) is 4.79 Å². The van der Waals surface area contributed by atoms with Crippen molar-refractivity contribution in [3.63, 3.8) is 0 Å². The molecule has 0 aliphatic carbocycles. The van der Waals surface area contributed by atoms with Crippen LogP contribution in [0.5, 0.6) is 5.75 Å². The van der Waals surface area contributed by atoms with Gasteiger partial charge in [-0.15, -0.1) is 0 Å². The van der Waals surface area contributed by atoms with Gasteiger partial charge in [-0.2, -0.15) is 0 Å². The van der Waals surface area contributed by atoms with E-state index in [0.717, 1.165) is 15.5 Å². The molecule has 0 saturated heterocycles. The van der Waals surface area contributed by atoms with E-state index in [1.54, 1.807) is 11.7 Å². The second kappa shape index (κ2) is 6.37. The van der Waals surface area contributed by atoms with Crippen LogP contribution in [0.15, 0.2) is 51.7 Å². The third kappa shape index (κ3) is 2.80. The van der Waals surface area contributed by atoms with E-state index >= 15 is 0 Å². The van der Waals surface area contributed by atoms with Crippen molar-refractivity contribution in [2.24, 2.45) is 0 Å². The molecule has 0 aliphatic rings. The first-order valence-electron chi connectivity index (χ1n) is 6.82. The number of methoxy groups -OCH3 is 1. The van der Waals surface area contributed by atoms with E-state index in [-0.39, 0.29) is 5.69 Å². The van der Waals surface area contributed by atoms with Gasteiger partial charge >= 0.3 is 5.69 Å². The van der Waals surface area contributed by atoms with E-state index in [2.05, 4.69) is 20.9 Å². The molecule has 2 aromatic carbocycles. The van der Waals surface area contributed by atoms with Gasteiger partial charge in [0, 0.05) is 11.6 Å². The van der Waals surface area contributed by atoms with Gasteiger partial charge < -0.3 is 14.5 Å². The van der Waals surface area contributed by atoms with Crippen molar-refractivity contribution < 1.29 is 9.47 Å². The number of imidazole rings is 1.